The van der Waals surface area contributed by atoms with Crippen LogP contribution < -0.4 is 0 Å². The predicted octanol–water partition coefficient (Wildman–Crippen LogP) is 5.81. The summed E-state index contributed by atoms with van der Waals surface area (Å²) in [7, 11) is 0. The number of carbonyl (C=O) groups is 1. The fourth-order valence-corrected chi connectivity index (χ4v) is 4.54. The molecule has 26 heavy (non-hydrogen) atoms. The van der Waals surface area contributed by atoms with Crippen LogP contribution in [-0.2, 0) is 12.8 Å². The zero-order chi connectivity index (χ0) is 17.5. The minimum absolute atomic E-state index is 0.373. The standard InChI is InChI=1S/C25H20O/c26-16-17-8-10-19(11-9-17)21-6-3-7-22-23(21)14-15-24-20-5-2-1-4-18(20)12-13-25(22)24/h1-5,7-11,14-16,21H,6,12-13H2. The van der Waals surface area contributed by atoms with E-state index in [-0.39, 0.29) is 0 Å². The maximum absolute atomic E-state index is 10.9. The van der Waals surface area contributed by atoms with Gasteiger partial charge in [0.2, 0.25) is 0 Å². The molecule has 5 rings (SSSR count). The van der Waals surface area contributed by atoms with E-state index < -0.39 is 0 Å². The largest absolute Gasteiger partial charge is 0.298 e. The predicted molar refractivity (Wildman–Crippen MR) is 107 cm³/mol. The molecule has 0 radical (unpaired) electrons. The summed E-state index contributed by atoms with van der Waals surface area (Å²) in [4.78, 5) is 10.9. The second kappa shape index (κ2) is 6.10. The Hall–Kier alpha value is -2.93. The average Bonchev–Trinajstić information content (AvgIpc) is 2.73. The molecule has 1 unspecified atom stereocenters. The molecule has 0 aliphatic heterocycles. The van der Waals surface area contributed by atoms with Crippen molar-refractivity contribution in [3.8, 4) is 11.1 Å². The van der Waals surface area contributed by atoms with Crippen LogP contribution in [0, 0.1) is 0 Å². The summed E-state index contributed by atoms with van der Waals surface area (Å²) in [6, 6.07) is 21.5. The molecule has 1 atom stereocenters. The fraction of sp³-hybridized carbons (Fsp3) is 0.160. The zero-order valence-corrected chi connectivity index (χ0v) is 14.6. The number of rotatable bonds is 2. The van der Waals surface area contributed by atoms with E-state index in [1.54, 1.807) is 0 Å². The molecule has 1 heteroatoms. The van der Waals surface area contributed by atoms with Gasteiger partial charge in [-0.25, -0.2) is 0 Å². The molecule has 0 bridgehead atoms. The first kappa shape index (κ1) is 15.3. The zero-order valence-electron chi connectivity index (χ0n) is 14.6. The number of allylic oxidation sites excluding steroid dienone is 1. The lowest BCUT2D eigenvalue weighted by Crippen LogP contribution is -2.12. The molecule has 0 saturated carbocycles. The lowest BCUT2D eigenvalue weighted by Gasteiger charge is -2.28. The van der Waals surface area contributed by atoms with Crippen LogP contribution in [0.5, 0.6) is 0 Å². The van der Waals surface area contributed by atoms with Gasteiger partial charge in [-0.05, 0) is 58.2 Å². The van der Waals surface area contributed by atoms with Gasteiger partial charge in [-0.15, -0.1) is 0 Å². The van der Waals surface area contributed by atoms with Crippen molar-refractivity contribution < 1.29 is 4.79 Å². The molecule has 3 aromatic rings. The minimum atomic E-state index is 0.373. The molecule has 2 aliphatic carbocycles. The highest BCUT2D eigenvalue weighted by Gasteiger charge is 2.25. The van der Waals surface area contributed by atoms with Gasteiger partial charge in [-0.3, -0.25) is 4.79 Å². The summed E-state index contributed by atoms with van der Waals surface area (Å²) < 4.78 is 0. The van der Waals surface area contributed by atoms with E-state index in [4.69, 9.17) is 0 Å². The maximum atomic E-state index is 10.9. The lowest BCUT2D eigenvalue weighted by molar-refractivity contribution is 0.112. The molecule has 0 aromatic heterocycles. The normalized spacial score (nSPS) is 17.2. The van der Waals surface area contributed by atoms with Crippen molar-refractivity contribution >= 4 is 12.4 Å². The molecule has 1 nitrogen and oxygen atoms in total. The Balaban J connectivity index is 1.63. The number of carbonyl (C=O) groups excluding carboxylic acids is 1. The summed E-state index contributed by atoms with van der Waals surface area (Å²) in [5, 5.41) is 0. The van der Waals surface area contributed by atoms with E-state index in [1.165, 1.54) is 38.9 Å². The highest BCUT2D eigenvalue weighted by molar-refractivity contribution is 5.80. The minimum Gasteiger partial charge on any atom is -0.298 e. The number of aryl methyl sites for hydroxylation is 1. The third-order valence-electron chi connectivity index (χ3n) is 5.85. The molecule has 2 aliphatic rings. The number of aldehydes is 1. The van der Waals surface area contributed by atoms with Crippen LogP contribution in [0.1, 0.15) is 50.5 Å². The van der Waals surface area contributed by atoms with Crippen LogP contribution >= 0.6 is 0 Å². The molecule has 0 spiro atoms. The van der Waals surface area contributed by atoms with Crippen molar-refractivity contribution in [1.82, 2.24) is 0 Å². The summed E-state index contributed by atoms with van der Waals surface area (Å²) in [6.07, 6.45) is 8.78. The number of hydrogen-bond acceptors (Lipinski definition) is 1. The van der Waals surface area contributed by atoms with E-state index in [0.29, 0.717) is 5.92 Å². The molecule has 126 valence electrons. The first-order valence-electron chi connectivity index (χ1n) is 9.31. The molecular formula is C25H20O. The number of hydrogen-bond donors (Lipinski definition) is 0. The van der Waals surface area contributed by atoms with Gasteiger partial charge in [0.25, 0.3) is 0 Å². The topological polar surface area (TPSA) is 17.1 Å². The van der Waals surface area contributed by atoms with Gasteiger partial charge in [0.05, 0.1) is 0 Å². The van der Waals surface area contributed by atoms with E-state index in [0.717, 1.165) is 31.1 Å². The third kappa shape index (κ3) is 2.35. The van der Waals surface area contributed by atoms with Gasteiger partial charge < -0.3 is 0 Å². The Labute approximate surface area is 154 Å². The van der Waals surface area contributed by atoms with Crippen LogP contribution in [0.3, 0.4) is 0 Å². The Kier molecular flexibility index (Phi) is 3.60. The Morgan fingerprint density at radius 3 is 2.54 bits per heavy atom. The van der Waals surface area contributed by atoms with Crippen molar-refractivity contribution in [1.29, 1.82) is 0 Å². The van der Waals surface area contributed by atoms with Gasteiger partial charge in [-0.2, -0.15) is 0 Å². The fourth-order valence-electron chi connectivity index (χ4n) is 4.54. The smallest absolute Gasteiger partial charge is 0.150 e. The van der Waals surface area contributed by atoms with Gasteiger partial charge in [0, 0.05) is 11.5 Å². The van der Waals surface area contributed by atoms with E-state index in [2.05, 4.69) is 60.7 Å². The van der Waals surface area contributed by atoms with Crippen LogP contribution in [0.2, 0.25) is 0 Å². The summed E-state index contributed by atoms with van der Waals surface area (Å²) in [5.74, 6) is 0.373. The molecular weight excluding hydrogens is 316 g/mol. The molecule has 0 saturated heterocycles. The van der Waals surface area contributed by atoms with Crippen molar-refractivity contribution in [3.63, 3.8) is 0 Å². The van der Waals surface area contributed by atoms with Crippen LogP contribution in [0.15, 0.2) is 66.7 Å². The lowest BCUT2D eigenvalue weighted by atomic mass is 9.75. The summed E-state index contributed by atoms with van der Waals surface area (Å²) >= 11 is 0. The van der Waals surface area contributed by atoms with E-state index in [9.17, 15) is 4.79 Å². The van der Waals surface area contributed by atoms with Crippen LogP contribution in [0.25, 0.3) is 17.2 Å². The third-order valence-corrected chi connectivity index (χ3v) is 5.85. The number of fused-ring (bicyclic) bond motifs is 5. The molecule has 0 heterocycles. The molecule has 3 aromatic carbocycles. The first-order chi connectivity index (χ1) is 12.8. The quantitative estimate of drug-likeness (QED) is 0.539. The second-order valence-corrected chi connectivity index (χ2v) is 7.23. The van der Waals surface area contributed by atoms with Gasteiger partial charge >= 0.3 is 0 Å². The monoisotopic (exact) mass is 336 g/mol. The van der Waals surface area contributed by atoms with Gasteiger partial charge in [0.15, 0.2) is 0 Å². The van der Waals surface area contributed by atoms with Crippen molar-refractivity contribution in [2.45, 2.75) is 25.2 Å². The molecule has 0 fully saturated rings. The van der Waals surface area contributed by atoms with Crippen molar-refractivity contribution in [3.05, 3.63) is 100 Å². The van der Waals surface area contributed by atoms with Gasteiger partial charge in [0.1, 0.15) is 6.29 Å². The Bertz CT molecular complexity index is 1020. The Morgan fingerprint density at radius 1 is 0.846 bits per heavy atom. The molecule has 0 N–H and O–H groups in total. The SMILES string of the molecule is O=Cc1ccc(C2CC=Cc3c2ccc2c3CCc3ccccc3-2)cc1. The highest BCUT2D eigenvalue weighted by Crippen LogP contribution is 2.42. The molecule has 0 amide bonds. The van der Waals surface area contributed by atoms with Crippen LogP contribution in [-0.4, -0.2) is 6.29 Å². The van der Waals surface area contributed by atoms with E-state index >= 15 is 0 Å². The van der Waals surface area contributed by atoms with E-state index in [1.807, 2.05) is 12.1 Å². The summed E-state index contributed by atoms with van der Waals surface area (Å²) in [5.41, 5.74) is 10.6. The average molecular weight is 336 g/mol. The second-order valence-electron chi connectivity index (χ2n) is 7.23. The van der Waals surface area contributed by atoms with Crippen LogP contribution in [0.4, 0.5) is 0 Å². The van der Waals surface area contributed by atoms with Gasteiger partial charge in [-0.1, -0.05) is 72.8 Å². The number of benzene rings is 3. The maximum Gasteiger partial charge on any atom is 0.150 e. The summed E-state index contributed by atoms with van der Waals surface area (Å²) in [6.45, 7) is 0. The highest BCUT2D eigenvalue weighted by atomic mass is 16.1. The first-order valence-corrected chi connectivity index (χ1v) is 9.31. The van der Waals surface area contributed by atoms with Crippen molar-refractivity contribution in [2.24, 2.45) is 0 Å². The Morgan fingerprint density at radius 2 is 1.69 bits per heavy atom. The van der Waals surface area contributed by atoms with Crippen molar-refractivity contribution in [2.75, 3.05) is 0 Å².